The molecular weight excluding hydrogens is 518 g/mol. The summed E-state index contributed by atoms with van der Waals surface area (Å²) in [7, 11) is 0. The second-order valence-electron chi connectivity index (χ2n) is 7.20. The lowest BCUT2D eigenvalue weighted by Crippen LogP contribution is -2.11. The van der Waals surface area contributed by atoms with Crippen molar-refractivity contribution >= 4 is 52.1 Å². The van der Waals surface area contributed by atoms with Crippen LogP contribution in [0.3, 0.4) is 0 Å². The van der Waals surface area contributed by atoms with Gasteiger partial charge in [0, 0.05) is 10.9 Å². The number of thiazole rings is 1. The van der Waals surface area contributed by atoms with E-state index in [1.807, 2.05) is 0 Å². The van der Waals surface area contributed by atoms with E-state index in [1.54, 1.807) is 35.7 Å². The first-order valence-corrected chi connectivity index (χ1v) is 11.6. The van der Waals surface area contributed by atoms with Crippen LogP contribution in [-0.4, -0.2) is 22.6 Å². The van der Waals surface area contributed by atoms with Crippen molar-refractivity contribution in [2.24, 2.45) is 10.1 Å². The largest absolute Gasteiger partial charge is 0.454 e. The molecule has 0 radical (unpaired) electrons. The van der Waals surface area contributed by atoms with E-state index in [4.69, 9.17) is 32.7 Å². The molecule has 8 nitrogen and oxygen atoms in total. The minimum Gasteiger partial charge on any atom is -0.454 e. The highest BCUT2D eigenvalue weighted by atomic mass is 35.5. The molecule has 1 aliphatic rings. The zero-order valence-electron chi connectivity index (χ0n) is 17.5. The van der Waals surface area contributed by atoms with E-state index < -0.39 is 4.92 Å². The number of hydrogen-bond donors (Lipinski definition) is 0. The quantitative estimate of drug-likeness (QED) is 0.169. The number of nitrogens with zero attached hydrogens (tertiary/aromatic N) is 4. The highest BCUT2D eigenvalue weighted by Crippen LogP contribution is 2.37. The van der Waals surface area contributed by atoms with Gasteiger partial charge in [0.25, 0.3) is 5.69 Å². The summed E-state index contributed by atoms with van der Waals surface area (Å²) >= 11 is 13.4. The molecule has 1 aromatic heterocycles. The fraction of sp³-hybridized carbons (Fsp3) is 0.0435. The summed E-state index contributed by atoms with van der Waals surface area (Å²) in [6, 6.07) is 13.6. The molecule has 1 aliphatic heterocycles. The van der Waals surface area contributed by atoms with Crippen LogP contribution in [-0.2, 0) is 0 Å². The number of nitro benzene ring substituents is 1. The van der Waals surface area contributed by atoms with Crippen LogP contribution < -0.4 is 14.3 Å². The van der Waals surface area contributed by atoms with Crippen LogP contribution in [0.1, 0.15) is 5.56 Å². The Balaban J connectivity index is 1.65. The summed E-state index contributed by atoms with van der Waals surface area (Å²) in [6.45, 7) is -0.0201. The van der Waals surface area contributed by atoms with Crippen molar-refractivity contribution in [3.05, 3.63) is 96.3 Å². The zero-order chi connectivity index (χ0) is 24.5. The maximum Gasteiger partial charge on any atom is 0.282 e. The average molecular weight is 531 g/mol. The highest BCUT2D eigenvalue weighted by Gasteiger charge is 2.22. The lowest BCUT2D eigenvalue weighted by Gasteiger charge is -2.05. The van der Waals surface area contributed by atoms with E-state index >= 15 is 0 Å². The molecule has 0 N–H and O–H groups in total. The monoisotopic (exact) mass is 530 g/mol. The fourth-order valence-corrected chi connectivity index (χ4v) is 4.45. The average Bonchev–Trinajstić information content (AvgIpc) is 3.46. The van der Waals surface area contributed by atoms with Crippen molar-refractivity contribution in [3.8, 4) is 22.8 Å². The Labute approximate surface area is 211 Å². The Morgan fingerprint density at radius 2 is 1.80 bits per heavy atom. The fourth-order valence-electron chi connectivity index (χ4n) is 3.30. The van der Waals surface area contributed by atoms with Crippen molar-refractivity contribution in [3.63, 3.8) is 0 Å². The summed E-state index contributed by atoms with van der Waals surface area (Å²) < 4.78 is 25.6. The number of ether oxygens (including phenoxy) is 2. The standard InChI is InChI=1S/C23H13Cl2FN4O4S/c24-17-6-5-16(8-18(17)25)28-23-29(20(11-35-23)13-1-3-15(26)4-2-13)27-10-14-7-21-22(34-12-33-21)9-19(14)30(31)32/h1-11H,12H2. The second-order valence-corrected chi connectivity index (χ2v) is 8.85. The summed E-state index contributed by atoms with van der Waals surface area (Å²) in [5.74, 6) is 0.293. The molecule has 35 heavy (non-hydrogen) atoms. The molecule has 176 valence electrons. The Kier molecular flexibility index (Phi) is 6.25. The van der Waals surface area contributed by atoms with Gasteiger partial charge in [0.05, 0.1) is 44.2 Å². The van der Waals surface area contributed by atoms with Gasteiger partial charge in [0.1, 0.15) is 5.82 Å². The number of rotatable bonds is 5. The molecule has 0 fully saturated rings. The third-order valence-corrected chi connectivity index (χ3v) is 6.54. The number of nitro groups is 1. The van der Waals surface area contributed by atoms with Crippen LogP contribution in [0.15, 0.2) is 70.1 Å². The van der Waals surface area contributed by atoms with Crippen molar-refractivity contribution in [2.45, 2.75) is 0 Å². The van der Waals surface area contributed by atoms with Crippen LogP contribution >= 0.6 is 34.5 Å². The number of aromatic nitrogens is 1. The summed E-state index contributed by atoms with van der Waals surface area (Å²) in [5, 5.41) is 18.7. The molecule has 0 aliphatic carbocycles. The van der Waals surface area contributed by atoms with Gasteiger partial charge < -0.3 is 9.47 Å². The van der Waals surface area contributed by atoms with Gasteiger partial charge in [-0.1, -0.05) is 23.2 Å². The SMILES string of the molecule is O=[N+]([O-])c1cc2c(cc1C=Nn1c(-c3ccc(F)cc3)csc1=Nc1ccc(Cl)c(Cl)c1)OCO2. The first-order chi connectivity index (χ1) is 16.9. The number of benzene rings is 3. The molecule has 4 aromatic rings. The van der Waals surface area contributed by atoms with Gasteiger partial charge in [0.15, 0.2) is 11.5 Å². The maximum absolute atomic E-state index is 13.5. The van der Waals surface area contributed by atoms with Crippen LogP contribution in [0, 0.1) is 15.9 Å². The lowest BCUT2D eigenvalue weighted by atomic mass is 10.1. The molecule has 0 saturated carbocycles. The molecular formula is C23H13Cl2FN4O4S. The van der Waals surface area contributed by atoms with E-state index in [0.29, 0.717) is 43.3 Å². The topological polar surface area (TPSA) is 91.2 Å². The van der Waals surface area contributed by atoms with Gasteiger partial charge in [-0.2, -0.15) is 5.10 Å². The molecule has 0 spiro atoms. The first-order valence-electron chi connectivity index (χ1n) is 9.98. The van der Waals surface area contributed by atoms with Crippen LogP contribution in [0.4, 0.5) is 15.8 Å². The van der Waals surface area contributed by atoms with E-state index in [9.17, 15) is 14.5 Å². The molecule has 12 heteroatoms. The van der Waals surface area contributed by atoms with E-state index in [2.05, 4.69) is 10.1 Å². The number of hydrogen-bond acceptors (Lipinski definition) is 7. The highest BCUT2D eigenvalue weighted by molar-refractivity contribution is 7.07. The lowest BCUT2D eigenvalue weighted by molar-refractivity contribution is -0.385. The van der Waals surface area contributed by atoms with Crippen molar-refractivity contribution < 1.29 is 18.8 Å². The van der Waals surface area contributed by atoms with Crippen LogP contribution in [0.25, 0.3) is 11.3 Å². The van der Waals surface area contributed by atoms with Gasteiger partial charge in [0.2, 0.25) is 11.6 Å². The van der Waals surface area contributed by atoms with Gasteiger partial charge in [-0.25, -0.2) is 14.1 Å². The van der Waals surface area contributed by atoms with Gasteiger partial charge in [-0.05, 0) is 48.5 Å². The Bertz CT molecular complexity index is 1550. The minimum absolute atomic E-state index is 0.0201. The normalized spacial score (nSPS) is 13.1. The van der Waals surface area contributed by atoms with Gasteiger partial charge in [-0.3, -0.25) is 10.1 Å². The Morgan fingerprint density at radius 3 is 2.51 bits per heavy atom. The van der Waals surface area contributed by atoms with Crippen molar-refractivity contribution in [1.82, 2.24) is 4.68 Å². The summed E-state index contributed by atoms with van der Waals surface area (Å²) in [4.78, 5) is 16.2. The molecule has 3 aromatic carbocycles. The molecule has 0 unspecified atom stereocenters. The number of fused-ring (bicyclic) bond motifs is 1. The third-order valence-electron chi connectivity index (χ3n) is 4.98. The first kappa shape index (κ1) is 23.0. The third kappa shape index (κ3) is 4.76. The molecule has 5 rings (SSSR count). The minimum atomic E-state index is -0.524. The molecule has 0 amide bonds. The summed E-state index contributed by atoms with van der Waals surface area (Å²) in [6.07, 6.45) is 1.34. The van der Waals surface area contributed by atoms with Gasteiger partial charge in [-0.15, -0.1) is 11.3 Å². The predicted octanol–water partition coefficient (Wildman–Crippen LogP) is 6.41. The summed E-state index contributed by atoms with van der Waals surface area (Å²) in [5.41, 5.74) is 1.83. The Morgan fingerprint density at radius 1 is 1.06 bits per heavy atom. The second kappa shape index (κ2) is 9.49. The van der Waals surface area contributed by atoms with E-state index in [0.717, 1.165) is 0 Å². The molecule has 0 saturated heterocycles. The van der Waals surface area contributed by atoms with Crippen LogP contribution in [0.2, 0.25) is 10.0 Å². The van der Waals surface area contributed by atoms with E-state index in [1.165, 1.54) is 46.5 Å². The van der Waals surface area contributed by atoms with Crippen molar-refractivity contribution in [2.75, 3.05) is 6.79 Å². The molecule has 2 heterocycles. The smallest absolute Gasteiger partial charge is 0.282 e. The Hall–Kier alpha value is -3.73. The van der Waals surface area contributed by atoms with Crippen molar-refractivity contribution in [1.29, 1.82) is 0 Å². The zero-order valence-corrected chi connectivity index (χ0v) is 19.9. The number of halogens is 3. The predicted molar refractivity (Wildman–Crippen MR) is 132 cm³/mol. The van der Waals surface area contributed by atoms with Gasteiger partial charge >= 0.3 is 0 Å². The molecule has 0 bridgehead atoms. The molecule has 0 atom stereocenters. The maximum atomic E-state index is 13.5. The van der Waals surface area contributed by atoms with E-state index in [-0.39, 0.29) is 23.9 Å². The van der Waals surface area contributed by atoms with Crippen LogP contribution in [0.5, 0.6) is 11.5 Å².